The first-order chi connectivity index (χ1) is 8.76. The van der Waals surface area contributed by atoms with Gasteiger partial charge in [-0.25, -0.2) is 4.98 Å². The minimum absolute atomic E-state index is 0.483. The SMILES string of the molecule is CC.CC[C@H](CNC)n1cnc2ccc(C)cc21. The average molecular weight is 247 g/mol. The van der Waals surface area contributed by atoms with Gasteiger partial charge in [0.05, 0.1) is 17.4 Å². The number of imidazole rings is 1. The van der Waals surface area contributed by atoms with Crippen LogP contribution in [0, 0.1) is 6.92 Å². The lowest BCUT2D eigenvalue weighted by molar-refractivity contribution is 0.475. The zero-order chi connectivity index (χ0) is 13.5. The minimum atomic E-state index is 0.483. The van der Waals surface area contributed by atoms with Crippen molar-refractivity contribution in [1.82, 2.24) is 14.9 Å². The first-order valence-corrected chi connectivity index (χ1v) is 6.84. The molecule has 0 aliphatic carbocycles. The molecule has 1 N–H and O–H groups in total. The molecule has 0 radical (unpaired) electrons. The maximum Gasteiger partial charge on any atom is 0.0961 e. The summed E-state index contributed by atoms with van der Waals surface area (Å²) in [6.07, 6.45) is 3.07. The third-order valence-corrected chi connectivity index (χ3v) is 3.03. The summed E-state index contributed by atoms with van der Waals surface area (Å²) in [5.41, 5.74) is 3.61. The maximum atomic E-state index is 4.45. The number of rotatable bonds is 4. The number of hydrogen-bond donors (Lipinski definition) is 1. The first kappa shape index (κ1) is 14.7. The highest BCUT2D eigenvalue weighted by atomic mass is 15.1. The minimum Gasteiger partial charge on any atom is -0.326 e. The van der Waals surface area contributed by atoms with Gasteiger partial charge in [-0.05, 0) is 38.1 Å². The molecule has 2 rings (SSSR count). The number of likely N-dealkylation sites (N-methyl/N-ethyl adjacent to an activating group) is 1. The van der Waals surface area contributed by atoms with Gasteiger partial charge < -0.3 is 9.88 Å². The van der Waals surface area contributed by atoms with Gasteiger partial charge in [-0.1, -0.05) is 26.8 Å². The van der Waals surface area contributed by atoms with E-state index >= 15 is 0 Å². The number of fused-ring (bicyclic) bond motifs is 1. The van der Waals surface area contributed by atoms with E-state index in [4.69, 9.17) is 0 Å². The fourth-order valence-electron chi connectivity index (χ4n) is 2.10. The second kappa shape index (κ2) is 7.17. The third-order valence-electron chi connectivity index (χ3n) is 3.03. The van der Waals surface area contributed by atoms with E-state index < -0.39 is 0 Å². The monoisotopic (exact) mass is 247 g/mol. The summed E-state index contributed by atoms with van der Waals surface area (Å²) in [6.45, 7) is 9.31. The second-order valence-electron chi connectivity index (χ2n) is 4.26. The molecular weight excluding hydrogens is 222 g/mol. The van der Waals surface area contributed by atoms with Crippen LogP contribution in [-0.2, 0) is 0 Å². The van der Waals surface area contributed by atoms with Crippen LogP contribution in [0.1, 0.15) is 38.8 Å². The zero-order valence-electron chi connectivity index (χ0n) is 12.2. The van der Waals surface area contributed by atoms with Crippen molar-refractivity contribution in [3.63, 3.8) is 0 Å². The second-order valence-corrected chi connectivity index (χ2v) is 4.26. The normalized spacial score (nSPS) is 12.1. The molecule has 0 amide bonds. The Bertz CT molecular complexity index is 474. The average Bonchev–Trinajstić information content (AvgIpc) is 2.81. The molecule has 0 fully saturated rings. The van der Waals surface area contributed by atoms with Crippen molar-refractivity contribution < 1.29 is 0 Å². The van der Waals surface area contributed by atoms with E-state index in [1.165, 1.54) is 11.1 Å². The molecule has 0 aliphatic rings. The van der Waals surface area contributed by atoms with Crippen LogP contribution in [0.3, 0.4) is 0 Å². The number of nitrogens with zero attached hydrogens (tertiary/aromatic N) is 2. The smallest absolute Gasteiger partial charge is 0.0961 e. The summed E-state index contributed by atoms with van der Waals surface area (Å²) < 4.78 is 2.28. The highest BCUT2D eigenvalue weighted by Gasteiger charge is 2.11. The van der Waals surface area contributed by atoms with Gasteiger partial charge in [-0.2, -0.15) is 0 Å². The first-order valence-electron chi connectivity index (χ1n) is 6.84. The Balaban J connectivity index is 0.000000771. The molecule has 0 unspecified atom stereocenters. The van der Waals surface area contributed by atoms with Crippen LogP contribution < -0.4 is 5.32 Å². The fourth-order valence-corrected chi connectivity index (χ4v) is 2.10. The summed E-state index contributed by atoms with van der Waals surface area (Å²) in [5.74, 6) is 0. The van der Waals surface area contributed by atoms with Crippen LogP contribution in [0.15, 0.2) is 24.5 Å². The maximum absolute atomic E-state index is 4.45. The number of hydrogen-bond acceptors (Lipinski definition) is 2. The van der Waals surface area contributed by atoms with E-state index in [1.54, 1.807) is 0 Å². The van der Waals surface area contributed by atoms with E-state index in [-0.39, 0.29) is 0 Å². The van der Waals surface area contributed by atoms with Crippen molar-refractivity contribution in [3.05, 3.63) is 30.1 Å². The van der Waals surface area contributed by atoms with Crippen molar-refractivity contribution in [3.8, 4) is 0 Å². The Morgan fingerprint density at radius 1 is 1.33 bits per heavy atom. The predicted octanol–water partition coefficient (Wildman–Crippen LogP) is 3.54. The van der Waals surface area contributed by atoms with Gasteiger partial charge in [-0.3, -0.25) is 0 Å². The number of benzene rings is 1. The van der Waals surface area contributed by atoms with Gasteiger partial charge in [-0.15, -0.1) is 0 Å². The molecule has 3 heteroatoms. The van der Waals surface area contributed by atoms with Gasteiger partial charge >= 0.3 is 0 Å². The lowest BCUT2D eigenvalue weighted by Gasteiger charge is -2.17. The van der Waals surface area contributed by atoms with Gasteiger partial charge in [0.2, 0.25) is 0 Å². The largest absolute Gasteiger partial charge is 0.326 e. The molecule has 1 aromatic carbocycles. The number of nitrogens with one attached hydrogen (secondary N) is 1. The Labute approximate surface area is 110 Å². The summed E-state index contributed by atoms with van der Waals surface area (Å²) in [7, 11) is 1.99. The molecule has 100 valence electrons. The molecule has 0 bridgehead atoms. The number of aryl methyl sites for hydroxylation is 1. The molecule has 1 aromatic heterocycles. The zero-order valence-corrected chi connectivity index (χ0v) is 12.2. The van der Waals surface area contributed by atoms with Crippen LogP contribution in [-0.4, -0.2) is 23.1 Å². The van der Waals surface area contributed by atoms with Crippen molar-refractivity contribution in [2.24, 2.45) is 0 Å². The standard InChI is InChI=1S/C13H19N3.C2H6/c1-4-11(8-14-3)16-9-15-12-6-5-10(2)7-13(12)16;1-2/h5-7,9,11,14H,4,8H2,1-3H3;1-2H3/t11-;/m1./s1. The number of aromatic nitrogens is 2. The van der Waals surface area contributed by atoms with Crippen LogP contribution in [0.4, 0.5) is 0 Å². The van der Waals surface area contributed by atoms with Crippen LogP contribution in [0.25, 0.3) is 11.0 Å². The van der Waals surface area contributed by atoms with E-state index in [2.05, 4.69) is 46.9 Å². The highest BCUT2D eigenvalue weighted by Crippen LogP contribution is 2.20. The van der Waals surface area contributed by atoms with Crippen molar-refractivity contribution in [2.45, 2.75) is 40.2 Å². The lowest BCUT2D eigenvalue weighted by atomic mass is 10.2. The van der Waals surface area contributed by atoms with E-state index in [1.807, 2.05) is 27.2 Å². The molecule has 0 aliphatic heterocycles. The molecule has 3 nitrogen and oxygen atoms in total. The van der Waals surface area contributed by atoms with Gasteiger partial charge in [0.1, 0.15) is 0 Å². The van der Waals surface area contributed by atoms with Gasteiger partial charge in [0.25, 0.3) is 0 Å². The Morgan fingerprint density at radius 2 is 2.06 bits per heavy atom. The predicted molar refractivity (Wildman–Crippen MR) is 79.1 cm³/mol. The van der Waals surface area contributed by atoms with E-state index in [0.717, 1.165) is 18.5 Å². The van der Waals surface area contributed by atoms with E-state index in [9.17, 15) is 0 Å². The van der Waals surface area contributed by atoms with Gasteiger partial charge in [0, 0.05) is 12.6 Å². The molecular formula is C15H25N3. The quantitative estimate of drug-likeness (QED) is 0.895. The summed E-state index contributed by atoms with van der Waals surface area (Å²) >= 11 is 0. The van der Waals surface area contributed by atoms with Crippen LogP contribution in [0.2, 0.25) is 0 Å². The molecule has 18 heavy (non-hydrogen) atoms. The van der Waals surface area contributed by atoms with Crippen molar-refractivity contribution in [2.75, 3.05) is 13.6 Å². The molecule has 0 saturated carbocycles. The van der Waals surface area contributed by atoms with Crippen LogP contribution >= 0.6 is 0 Å². The topological polar surface area (TPSA) is 29.9 Å². The molecule has 0 spiro atoms. The Kier molecular flexibility index (Phi) is 5.86. The fraction of sp³-hybridized carbons (Fsp3) is 0.533. The molecule has 0 saturated heterocycles. The van der Waals surface area contributed by atoms with Crippen molar-refractivity contribution >= 4 is 11.0 Å². The molecule has 1 atom stereocenters. The summed E-state index contributed by atoms with van der Waals surface area (Å²) in [6, 6.07) is 6.89. The lowest BCUT2D eigenvalue weighted by Crippen LogP contribution is -2.21. The van der Waals surface area contributed by atoms with Gasteiger partial charge in [0.15, 0.2) is 0 Å². The Morgan fingerprint density at radius 3 is 2.67 bits per heavy atom. The molecule has 1 heterocycles. The summed E-state index contributed by atoms with van der Waals surface area (Å²) in [4.78, 5) is 4.45. The summed E-state index contributed by atoms with van der Waals surface area (Å²) in [5, 5.41) is 3.24. The highest BCUT2D eigenvalue weighted by molar-refractivity contribution is 5.76. The van der Waals surface area contributed by atoms with E-state index in [0.29, 0.717) is 6.04 Å². The Hall–Kier alpha value is -1.35. The third kappa shape index (κ3) is 3.10. The van der Waals surface area contributed by atoms with Crippen molar-refractivity contribution in [1.29, 1.82) is 0 Å². The van der Waals surface area contributed by atoms with Crippen LogP contribution in [0.5, 0.6) is 0 Å². The molecule has 2 aromatic rings.